The highest BCUT2D eigenvalue weighted by Crippen LogP contribution is 2.32. The maximum absolute atomic E-state index is 12.7. The van der Waals surface area contributed by atoms with Crippen molar-refractivity contribution in [1.82, 2.24) is 20.2 Å². The van der Waals surface area contributed by atoms with Crippen molar-refractivity contribution in [2.24, 2.45) is 0 Å². The predicted octanol–water partition coefficient (Wildman–Crippen LogP) is 2.89. The first-order valence-corrected chi connectivity index (χ1v) is 9.56. The van der Waals surface area contributed by atoms with Crippen LogP contribution in [0.3, 0.4) is 0 Å². The van der Waals surface area contributed by atoms with Gasteiger partial charge in [-0.1, -0.05) is 12.8 Å². The van der Waals surface area contributed by atoms with Crippen LogP contribution in [0.1, 0.15) is 54.7 Å². The Kier molecular flexibility index (Phi) is 5.47. The van der Waals surface area contributed by atoms with Crippen LogP contribution in [-0.4, -0.2) is 38.2 Å². The number of amides is 1. The van der Waals surface area contributed by atoms with E-state index in [4.69, 9.17) is 0 Å². The molecule has 1 aliphatic rings. The van der Waals surface area contributed by atoms with Gasteiger partial charge in [-0.2, -0.15) is 0 Å². The van der Waals surface area contributed by atoms with Crippen molar-refractivity contribution < 1.29 is 9.59 Å². The van der Waals surface area contributed by atoms with Crippen LogP contribution < -0.4 is 5.32 Å². The molecule has 1 amide bonds. The minimum absolute atomic E-state index is 0.0452. The van der Waals surface area contributed by atoms with Gasteiger partial charge in [0.25, 0.3) is 0 Å². The topological polar surface area (TPSA) is 89.8 Å². The number of nitrogens with zero attached hydrogens (tertiary/aromatic N) is 4. The normalized spacial score (nSPS) is 14.6. The molecule has 1 fully saturated rings. The summed E-state index contributed by atoms with van der Waals surface area (Å²) in [4.78, 5) is 24.8. The maximum Gasteiger partial charge on any atom is 0.221 e. The monoisotopic (exact) mass is 359 g/mol. The highest BCUT2D eigenvalue weighted by molar-refractivity contribution is 7.98. The summed E-state index contributed by atoms with van der Waals surface area (Å²) in [6.45, 7) is 1.59. The first kappa shape index (κ1) is 17.6. The van der Waals surface area contributed by atoms with E-state index in [2.05, 4.69) is 20.8 Å². The van der Waals surface area contributed by atoms with Crippen molar-refractivity contribution in [2.45, 2.75) is 50.0 Å². The van der Waals surface area contributed by atoms with Crippen LogP contribution in [0, 0.1) is 0 Å². The van der Waals surface area contributed by atoms with Crippen LogP contribution in [0.15, 0.2) is 23.1 Å². The lowest BCUT2D eigenvalue weighted by atomic mass is 10.1. The van der Waals surface area contributed by atoms with E-state index >= 15 is 0 Å². The second-order valence-electron chi connectivity index (χ2n) is 6.20. The Morgan fingerprint density at radius 1 is 1.32 bits per heavy atom. The molecule has 0 spiro atoms. The number of nitrogens with one attached hydrogen (secondary N) is 1. The molecule has 7 nitrogen and oxygen atoms in total. The van der Waals surface area contributed by atoms with E-state index in [1.54, 1.807) is 22.9 Å². The number of carbonyl (C=O) groups excluding carboxylic acids is 2. The molecular weight excluding hydrogens is 338 g/mol. The van der Waals surface area contributed by atoms with Gasteiger partial charge in [0.05, 0.1) is 5.69 Å². The number of ketones is 1. The van der Waals surface area contributed by atoms with Crippen LogP contribution in [0.4, 0.5) is 5.69 Å². The van der Waals surface area contributed by atoms with Gasteiger partial charge in [0.2, 0.25) is 5.91 Å². The summed E-state index contributed by atoms with van der Waals surface area (Å²) in [5.74, 6) is 0.984. The van der Waals surface area contributed by atoms with Crippen molar-refractivity contribution >= 4 is 29.1 Å². The van der Waals surface area contributed by atoms with Crippen LogP contribution in [0.25, 0.3) is 0 Å². The second kappa shape index (κ2) is 7.77. The molecule has 3 rings (SSSR count). The summed E-state index contributed by atoms with van der Waals surface area (Å²) < 4.78 is 1.62. The number of carbonyl (C=O) groups is 2. The SMILES string of the molecule is CSc1cc(C(=O)Cn2nnnc2C2CCCC2)ccc1NC(C)=O. The van der Waals surface area contributed by atoms with E-state index < -0.39 is 0 Å². The molecule has 132 valence electrons. The third kappa shape index (κ3) is 4.07. The Labute approximate surface area is 150 Å². The summed E-state index contributed by atoms with van der Waals surface area (Å²) in [6.07, 6.45) is 6.45. The van der Waals surface area contributed by atoms with Gasteiger partial charge >= 0.3 is 0 Å². The summed E-state index contributed by atoms with van der Waals surface area (Å²) in [6, 6.07) is 5.29. The first-order chi connectivity index (χ1) is 12.1. The molecule has 0 atom stereocenters. The lowest BCUT2D eigenvalue weighted by molar-refractivity contribution is -0.114. The highest BCUT2D eigenvalue weighted by atomic mass is 32.2. The van der Waals surface area contributed by atoms with Gasteiger partial charge in [-0.25, -0.2) is 4.68 Å². The smallest absolute Gasteiger partial charge is 0.221 e. The maximum atomic E-state index is 12.7. The zero-order valence-electron chi connectivity index (χ0n) is 14.4. The molecule has 1 aromatic heterocycles. The highest BCUT2D eigenvalue weighted by Gasteiger charge is 2.24. The van der Waals surface area contributed by atoms with E-state index in [1.165, 1.54) is 31.5 Å². The van der Waals surface area contributed by atoms with Crippen LogP contribution in [0.2, 0.25) is 0 Å². The van der Waals surface area contributed by atoms with E-state index in [9.17, 15) is 9.59 Å². The third-order valence-corrected chi connectivity index (χ3v) is 5.19. The van der Waals surface area contributed by atoms with Crippen LogP contribution >= 0.6 is 11.8 Å². The van der Waals surface area contributed by atoms with E-state index in [1.807, 2.05) is 6.26 Å². The van der Waals surface area contributed by atoms with Crippen molar-refractivity contribution in [2.75, 3.05) is 11.6 Å². The fourth-order valence-corrected chi connectivity index (χ4v) is 3.77. The summed E-state index contributed by atoms with van der Waals surface area (Å²) >= 11 is 1.49. The average molecular weight is 359 g/mol. The van der Waals surface area contributed by atoms with Crippen molar-refractivity contribution in [3.63, 3.8) is 0 Å². The molecule has 1 aromatic carbocycles. The van der Waals surface area contributed by atoms with Crippen molar-refractivity contribution in [3.05, 3.63) is 29.6 Å². The van der Waals surface area contributed by atoms with E-state index in [-0.39, 0.29) is 18.2 Å². The molecule has 1 saturated carbocycles. The molecule has 2 aromatic rings. The summed E-state index contributed by atoms with van der Waals surface area (Å²) in [5, 5.41) is 14.6. The molecular formula is C17H21N5O2S. The molecule has 25 heavy (non-hydrogen) atoms. The number of hydrogen-bond acceptors (Lipinski definition) is 6. The summed E-state index contributed by atoms with van der Waals surface area (Å²) in [5.41, 5.74) is 1.30. The Morgan fingerprint density at radius 2 is 2.08 bits per heavy atom. The Hall–Kier alpha value is -2.22. The van der Waals surface area contributed by atoms with Gasteiger partial charge in [0.15, 0.2) is 11.6 Å². The first-order valence-electron chi connectivity index (χ1n) is 8.33. The molecule has 0 aliphatic heterocycles. The Bertz CT molecular complexity index is 783. The number of aromatic nitrogens is 4. The molecule has 1 N–H and O–H groups in total. The van der Waals surface area contributed by atoms with E-state index in [0.717, 1.165) is 23.6 Å². The lowest BCUT2D eigenvalue weighted by Gasteiger charge is -2.11. The van der Waals surface area contributed by atoms with Gasteiger partial charge in [-0.15, -0.1) is 16.9 Å². The third-order valence-electron chi connectivity index (χ3n) is 4.41. The number of anilines is 1. The molecule has 0 radical (unpaired) electrons. The largest absolute Gasteiger partial charge is 0.325 e. The summed E-state index contributed by atoms with van der Waals surface area (Å²) in [7, 11) is 0. The van der Waals surface area contributed by atoms with Crippen LogP contribution in [-0.2, 0) is 11.3 Å². The Balaban J connectivity index is 1.77. The fraction of sp³-hybridized carbons (Fsp3) is 0.471. The quantitative estimate of drug-likeness (QED) is 0.630. The van der Waals surface area contributed by atoms with Crippen LogP contribution in [0.5, 0.6) is 0 Å². The number of hydrogen-bond donors (Lipinski definition) is 1. The number of Topliss-reactive ketones (excluding diaryl/α,β-unsaturated/α-hetero) is 1. The molecule has 1 aliphatic carbocycles. The van der Waals surface area contributed by atoms with Crippen molar-refractivity contribution in [1.29, 1.82) is 0 Å². The molecule has 0 saturated heterocycles. The van der Waals surface area contributed by atoms with Crippen molar-refractivity contribution in [3.8, 4) is 0 Å². The molecule has 1 heterocycles. The minimum atomic E-state index is -0.135. The zero-order chi connectivity index (χ0) is 17.8. The molecule has 0 bridgehead atoms. The Morgan fingerprint density at radius 3 is 2.76 bits per heavy atom. The molecule has 8 heteroatoms. The second-order valence-corrected chi connectivity index (χ2v) is 7.04. The molecule has 0 unspecified atom stereocenters. The lowest BCUT2D eigenvalue weighted by Crippen LogP contribution is -2.16. The van der Waals surface area contributed by atoms with Gasteiger partial charge in [0.1, 0.15) is 6.54 Å². The number of tetrazole rings is 1. The van der Waals surface area contributed by atoms with Gasteiger partial charge in [0, 0.05) is 23.3 Å². The fourth-order valence-electron chi connectivity index (χ4n) is 3.19. The number of thioether (sulfide) groups is 1. The minimum Gasteiger partial charge on any atom is -0.325 e. The zero-order valence-corrected chi connectivity index (χ0v) is 15.2. The predicted molar refractivity (Wildman–Crippen MR) is 95.9 cm³/mol. The van der Waals surface area contributed by atoms with Gasteiger partial charge in [-0.05, 0) is 47.7 Å². The number of rotatable bonds is 6. The van der Waals surface area contributed by atoms with Gasteiger partial charge in [-0.3, -0.25) is 9.59 Å². The number of benzene rings is 1. The average Bonchev–Trinajstić information content (AvgIpc) is 3.25. The van der Waals surface area contributed by atoms with Gasteiger partial charge < -0.3 is 5.32 Å². The standard InChI is InChI=1S/C17H21N5O2S/c1-11(23)18-14-8-7-13(9-16(14)25-2)15(24)10-22-17(19-20-21-22)12-5-3-4-6-12/h7-9,12H,3-6,10H2,1-2H3,(H,18,23). The van der Waals surface area contributed by atoms with E-state index in [0.29, 0.717) is 17.2 Å².